The summed E-state index contributed by atoms with van der Waals surface area (Å²) in [6, 6.07) is 6.34. The van der Waals surface area contributed by atoms with Gasteiger partial charge in [-0.15, -0.1) is 11.3 Å². The molecule has 0 aliphatic heterocycles. The Morgan fingerprint density at radius 3 is 2.95 bits per heavy atom. The molecule has 0 fully saturated rings. The quantitative estimate of drug-likeness (QED) is 0.693. The standard InChI is InChI=1S/C16H16N2O3S/c19-16(14-10-22-15-7-2-1-6-13(14)15)17-9-11-4-3-5-12(8-11)18(20)21/h3-5,8,10H,1-2,6-7,9H2,(H,17,19). The Kier molecular flexibility index (Phi) is 4.20. The number of carbonyl (C=O) groups is 1. The Labute approximate surface area is 132 Å². The average Bonchev–Trinajstić information content (AvgIpc) is 2.97. The largest absolute Gasteiger partial charge is 0.348 e. The van der Waals surface area contributed by atoms with Gasteiger partial charge >= 0.3 is 0 Å². The summed E-state index contributed by atoms with van der Waals surface area (Å²) in [7, 11) is 0. The molecule has 0 bridgehead atoms. The summed E-state index contributed by atoms with van der Waals surface area (Å²) in [5.41, 5.74) is 2.73. The van der Waals surface area contributed by atoms with Gasteiger partial charge in [-0.2, -0.15) is 0 Å². The lowest BCUT2D eigenvalue weighted by Gasteiger charge is -2.12. The van der Waals surface area contributed by atoms with Crippen LogP contribution in [0.25, 0.3) is 0 Å². The van der Waals surface area contributed by atoms with E-state index in [1.54, 1.807) is 23.5 Å². The van der Waals surface area contributed by atoms with Gasteiger partial charge in [0.15, 0.2) is 0 Å². The molecule has 1 aromatic heterocycles. The van der Waals surface area contributed by atoms with Crippen LogP contribution in [0.4, 0.5) is 5.69 Å². The number of hydrogen-bond acceptors (Lipinski definition) is 4. The van der Waals surface area contributed by atoms with Gasteiger partial charge in [0, 0.05) is 28.9 Å². The summed E-state index contributed by atoms with van der Waals surface area (Å²) in [6.07, 6.45) is 4.37. The number of non-ortho nitro benzene ring substituents is 1. The molecule has 0 unspecified atom stereocenters. The second-order valence-electron chi connectivity index (χ2n) is 5.37. The van der Waals surface area contributed by atoms with E-state index in [0.717, 1.165) is 30.4 Å². The van der Waals surface area contributed by atoms with Crippen molar-refractivity contribution < 1.29 is 9.72 Å². The number of fused-ring (bicyclic) bond motifs is 1. The van der Waals surface area contributed by atoms with Crippen molar-refractivity contribution in [3.05, 3.63) is 61.3 Å². The highest BCUT2D eigenvalue weighted by molar-refractivity contribution is 7.10. The van der Waals surface area contributed by atoms with Gasteiger partial charge in [0.05, 0.1) is 10.5 Å². The third kappa shape index (κ3) is 3.01. The van der Waals surface area contributed by atoms with Gasteiger partial charge in [-0.05, 0) is 36.8 Å². The number of nitrogens with zero attached hydrogens (tertiary/aromatic N) is 1. The molecule has 3 rings (SSSR count). The molecule has 2 aromatic rings. The van der Waals surface area contributed by atoms with E-state index in [1.165, 1.54) is 29.0 Å². The van der Waals surface area contributed by atoms with Crippen molar-refractivity contribution in [1.29, 1.82) is 0 Å². The Bertz CT molecular complexity index is 724. The highest BCUT2D eigenvalue weighted by Gasteiger charge is 2.19. The number of thiophene rings is 1. The van der Waals surface area contributed by atoms with E-state index in [2.05, 4.69) is 5.32 Å². The molecule has 1 aliphatic carbocycles. The summed E-state index contributed by atoms with van der Waals surface area (Å²) in [4.78, 5) is 24.0. The van der Waals surface area contributed by atoms with Crippen LogP contribution in [-0.4, -0.2) is 10.8 Å². The van der Waals surface area contributed by atoms with Crippen LogP contribution >= 0.6 is 11.3 Å². The number of nitro benzene ring substituents is 1. The van der Waals surface area contributed by atoms with Gasteiger partial charge in [-0.3, -0.25) is 14.9 Å². The molecule has 0 atom stereocenters. The maximum Gasteiger partial charge on any atom is 0.269 e. The van der Waals surface area contributed by atoms with Crippen LogP contribution in [0.2, 0.25) is 0 Å². The lowest BCUT2D eigenvalue weighted by atomic mass is 9.95. The van der Waals surface area contributed by atoms with Crippen LogP contribution in [0.3, 0.4) is 0 Å². The Morgan fingerprint density at radius 1 is 1.32 bits per heavy atom. The molecule has 22 heavy (non-hydrogen) atoms. The molecule has 5 nitrogen and oxygen atoms in total. The maximum atomic E-state index is 12.3. The summed E-state index contributed by atoms with van der Waals surface area (Å²) in [6.45, 7) is 0.297. The number of nitrogens with one attached hydrogen (secondary N) is 1. The minimum absolute atomic E-state index is 0.0414. The number of rotatable bonds is 4. The molecule has 6 heteroatoms. The lowest BCUT2D eigenvalue weighted by molar-refractivity contribution is -0.384. The maximum absolute atomic E-state index is 12.3. The van der Waals surface area contributed by atoms with E-state index in [0.29, 0.717) is 6.54 Å². The zero-order valence-electron chi connectivity index (χ0n) is 12.0. The molecule has 1 amide bonds. The van der Waals surface area contributed by atoms with Gasteiger partial charge < -0.3 is 5.32 Å². The number of aryl methyl sites for hydroxylation is 1. The number of amides is 1. The van der Waals surface area contributed by atoms with Gasteiger partial charge in [0.2, 0.25) is 0 Å². The van der Waals surface area contributed by atoms with Crippen molar-refractivity contribution in [2.24, 2.45) is 0 Å². The summed E-state index contributed by atoms with van der Waals surface area (Å²) in [5.74, 6) is -0.0918. The van der Waals surface area contributed by atoms with Gasteiger partial charge in [-0.1, -0.05) is 12.1 Å². The lowest BCUT2D eigenvalue weighted by Crippen LogP contribution is -2.23. The van der Waals surface area contributed by atoms with Crippen LogP contribution in [0.5, 0.6) is 0 Å². The molecule has 1 N–H and O–H groups in total. The first-order chi connectivity index (χ1) is 10.6. The number of benzene rings is 1. The fourth-order valence-electron chi connectivity index (χ4n) is 2.74. The fourth-order valence-corrected chi connectivity index (χ4v) is 3.87. The van der Waals surface area contributed by atoms with E-state index in [-0.39, 0.29) is 11.6 Å². The third-order valence-electron chi connectivity index (χ3n) is 3.88. The Morgan fingerprint density at radius 2 is 2.14 bits per heavy atom. The molecule has 1 heterocycles. The van der Waals surface area contributed by atoms with Gasteiger partial charge in [-0.25, -0.2) is 0 Å². The Balaban J connectivity index is 1.69. The van der Waals surface area contributed by atoms with Crippen molar-refractivity contribution >= 4 is 22.9 Å². The fraction of sp³-hybridized carbons (Fsp3) is 0.312. The molecule has 1 aromatic carbocycles. The molecular formula is C16H16N2O3S. The monoisotopic (exact) mass is 316 g/mol. The predicted octanol–water partition coefficient (Wildman–Crippen LogP) is 3.47. The first kappa shape index (κ1) is 14.7. The zero-order valence-corrected chi connectivity index (χ0v) is 12.8. The van der Waals surface area contributed by atoms with Crippen molar-refractivity contribution in [3.8, 4) is 0 Å². The topological polar surface area (TPSA) is 72.2 Å². The molecule has 0 spiro atoms. The average molecular weight is 316 g/mol. The normalized spacial score (nSPS) is 13.5. The zero-order chi connectivity index (χ0) is 15.5. The number of carbonyl (C=O) groups excluding carboxylic acids is 1. The van der Waals surface area contributed by atoms with Crippen LogP contribution in [0, 0.1) is 10.1 Å². The first-order valence-electron chi connectivity index (χ1n) is 7.26. The van der Waals surface area contributed by atoms with Gasteiger partial charge in [0.1, 0.15) is 0 Å². The number of hydrogen-bond donors (Lipinski definition) is 1. The first-order valence-corrected chi connectivity index (χ1v) is 8.14. The van der Waals surface area contributed by atoms with E-state index < -0.39 is 4.92 Å². The highest BCUT2D eigenvalue weighted by atomic mass is 32.1. The summed E-state index contributed by atoms with van der Waals surface area (Å²) < 4.78 is 0. The smallest absolute Gasteiger partial charge is 0.269 e. The van der Waals surface area contributed by atoms with Gasteiger partial charge in [0.25, 0.3) is 11.6 Å². The van der Waals surface area contributed by atoms with E-state index in [9.17, 15) is 14.9 Å². The molecular weight excluding hydrogens is 300 g/mol. The third-order valence-corrected chi connectivity index (χ3v) is 4.97. The van der Waals surface area contributed by atoms with Crippen molar-refractivity contribution in [2.75, 3.05) is 0 Å². The second-order valence-corrected chi connectivity index (χ2v) is 6.33. The summed E-state index contributed by atoms with van der Waals surface area (Å²) in [5, 5.41) is 15.6. The van der Waals surface area contributed by atoms with E-state index >= 15 is 0 Å². The Hall–Kier alpha value is -2.21. The van der Waals surface area contributed by atoms with Crippen LogP contribution in [0.1, 0.15) is 39.2 Å². The second kappa shape index (κ2) is 6.27. The molecule has 0 saturated heterocycles. The highest BCUT2D eigenvalue weighted by Crippen LogP contribution is 2.30. The van der Waals surface area contributed by atoms with Crippen molar-refractivity contribution in [2.45, 2.75) is 32.2 Å². The minimum atomic E-state index is -0.430. The van der Waals surface area contributed by atoms with Crippen LogP contribution < -0.4 is 5.32 Å². The molecule has 0 radical (unpaired) electrons. The van der Waals surface area contributed by atoms with Crippen LogP contribution in [-0.2, 0) is 19.4 Å². The summed E-state index contributed by atoms with van der Waals surface area (Å²) >= 11 is 1.66. The van der Waals surface area contributed by atoms with E-state index in [4.69, 9.17) is 0 Å². The minimum Gasteiger partial charge on any atom is -0.348 e. The van der Waals surface area contributed by atoms with Crippen molar-refractivity contribution in [3.63, 3.8) is 0 Å². The molecule has 1 aliphatic rings. The molecule has 114 valence electrons. The predicted molar refractivity (Wildman–Crippen MR) is 85.2 cm³/mol. The molecule has 0 saturated carbocycles. The number of nitro groups is 1. The van der Waals surface area contributed by atoms with Crippen LogP contribution in [0.15, 0.2) is 29.6 Å². The SMILES string of the molecule is O=C(NCc1cccc([N+](=O)[O-])c1)c1csc2c1CCCC2. The van der Waals surface area contributed by atoms with Crippen molar-refractivity contribution in [1.82, 2.24) is 5.32 Å². The van der Waals surface area contributed by atoms with E-state index in [1.807, 2.05) is 5.38 Å².